The zero-order valence-electron chi connectivity index (χ0n) is 10.4. The summed E-state index contributed by atoms with van der Waals surface area (Å²) >= 11 is 0. The first-order valence-corrected chi connectivity index (χ1v) is 7.03. The lowest BCUT2D eigenvalue weighted by Crippen LogP contribution is -2.30. The molecule has 20 heavy (non-hydrogen) atoms. The normalized spacial score (nSPS) is 14.3. The molecule has 0 spiro atoms. The fourth-order valence-electron chi connectivity index (χ4n) is 1.29. The Labute approximate surface area is 113 Å². The van der Waals surface area contributed by atoms with Crippen molar-refractivity contribution in [3.05, 3.63) is 29.6 Å². The third-order valence-corrected chi connectivity index (χ3v) is 3.91. The van der Waals surface area contributed by atoms with E-state index in [-0.39, 0.29) is 19.2 Å². The summed E-state index contributed by atoms with van der Waals surface area (Å²) in [5.41, 5.74) is -1.64. The highest BCUT2D eigenvalue weighted by Crippen LogP contribution is 2.32. The van der Waals surface area contributed by atoms with Crippen molar-refractivity contribution in [2.24, 2.45) is 5.92 Å². The van der Waals surface area contributed by atoms with E-state index in [4.69, 9.17) is 5.11 Å². The summed E-state index contributed by atoms with van der Waals surface area (Å²) in [6, 6.07) is 1.44. The van der Waals surface area contributed by atoms with E-state index in [2.05, 4.69) is 0 Å². The second kappa shape index (κ2) is 6.06. The van der Waals surface area contributed by atoms with Crippen molar-refractivity contribution in [1.29, 1.82) is 0 Å². The summed E-state index contributed by atoms with van der Waals surface area (Å²) in [6.07, 6.45) is -4.98. The van der Waals surface area contributed by atoms with Crippen molar-refractivity contribution in [2.75, 3.05) is 13.2 Å². The van der Waals surface area contributed by atoms with Crippen LogP contribution in [0, 0.1) is 11.7 Å². The molecular weight excluding hydrogens is 302 g/mol. The lowest BCUT2D eigenvalue weighted by molar-refractivity contribution is -0.140. The topological polar surface area (TPSA) is 66.4 Å². The van der Waals surface area contributed by atoms with E-state index >= 15 is 0 Å². The number of hydrogen-bond acceptors (Lipinski definition) is 3. The molecule has 0 aliphatic carbocycles. The molecule has 1 rings (SSSR count). The molecule has 1 aromatic carbocycles. The van der Waals surface area contributed by atoms with Gasteiger partial charge in [0.15, 0.2) is 0 Å². The minimum absolute atomic E-state index is 0.141. The van der Waals surface area contributed by atoms with E-state index in [0.29, 0.717) is 6.07 Å². The zero-order chi connectivity index (χ0) is 15.6. The molecule has 4 nitrogen and oxygen atoms in total. The molecule has 0 fully saturated rings. The fraction of sp³-hybridized carbons (Fsp3) is 0.455. The van der Waals surface area contributed by atoms with Gasteiger partial charge in [-0.15, -0.1) is 0 Å². The van der Waals surface area contributed by atoms with Gasteiger partial charge in [-0.25, -0.2) is 17.5 Å². The van der Waals surface area contributed by atoms with E-state index in [0.717, 1.165) is 6.07 Å². The van der Waals surface area contributed by atoms with E-state index in [1.807, 2.05) is 4.72 Å². The molecule has 0 amide bonds. The average molecular weight is 315 g/mol. The number of alkyl halides is 3. The first kappa shape index (κ1) is 16.9. The number of aliphatic hydroxyl groups is 1. The number of halogens is 4. The second-order valence-corrected chi connectivity index (χ2v) is 6.05. The smallest absolute Gasteiger partial charge is 0.396 e. The van der Waals surface area contributed by atoms with Crippen molar-refractivity contribution >= 4 is 10.0 Å². The minimum Gasteiger partial charge on any atom is -0.396 e. The summed E-state index contributed by atoms with van der Waals surface area (Å²) < 4.78 is 76.1. The Bertz CT molecular complexity index is 572. The summed E-state index contributed by atoms with van der Waals surface area (Å²) in [5, 5.41) is 8.76. The van der Waals surface area contributed by atoms with Gasteiger partial charge in [0, 0.05) is 13.2 Å². The van der Waals surface area contributed by atoms with Gasteiger partial charge in [-0.3, -0.25) is 0 Å². The molecule has 0 saturated heterocycles. The van der Waals surface area contributed by atoms with E-state index in [1.54, 1.807) is 6.92 Å². The summed E-state index contributed by atoms with van der Waals surface area (Å²) in [7, 11) is -4.19. The summed E-state index contributed by atoms with van der Waals surface area (Å²) in [5.74, 6) is -1.94. The van der Waals surface area contributed by atoms with Crippen LogP contribution in [0.1, 0.15) is 12.5 Å². The van der Waals surface area contributed by atoms with Crippen LogP contribution in [0.3, 0.4) is 0 Å². The molecule has 1 aromatic rings. The maximum absolute atomic E-state index is 13.1. The van der Waals surface area contributed by atoms with Crippen LogP contribution in [-0.4, -0.2) is 26.7 Å². The lowest BCUT2D eigenvalue weighted by Gasteiger charge is -2.13. The van der Waals surface area contributed by atoms with Crippen molar-refractivity contribution < 1.29 is 31.1 Å². The van der Waals surface area contributed by atoms with Crippen LogP contribution in [0.4, 0.5) is 17.6 Å². The van der Waals surface area contributed by atoms with Crippen molar-refractivity contribution in [1.82, 2.24) is 4.72 Å². The predicted molar refractivity (Wildman–Crippen MR) is 62.8 cm³/mol. The summed E-state index contributed by atoms with van der Waals surface area (Å²) in [6.45, 7) is 1.13. The van der Waals surface area contributed by atoms with Gasteiger partial charge in [0.2, 0.25) is 10.0 Å². The van der Waals surface area contributed by atoms with Crippen LogP contribution in [0.2, 0.25) is 0 Å². The molecule has 0 heterocycles. The largest absolute Gasteiger partial charge is 0.419 e. The number of aliphatic hydroxyl groups excluding tert-OH is 1. The predicted octanol–water partition coefficient (Wildman–Crippen LogP) is 1.75. The molecule has 0 radical (unpaired) electrons. The Kier molecular flexibility index (Phi) is 5.11. The summed E-state index contributed by atoms with van der Waals surface area (Å²) in [4.78, 5) is -0.684. The van der Waals surface area contributed by atoms with Gasteiger partial charge in [-0.2, -0.15) is 13.2 Å². The Morgan fingerprint density at radius 2 is 1.95 bits per heavy atom. The highest BCUT2D eigenvalue weighted by Gasteiger charge is 2.35. The second-order valence-electron chi connectivity index (χ2n) is 4.28. The van der Waals surface area contributed by atoms with Crippen LogP contribution in [-0.2, 0) is 16.2 Å². The molecule has 1 atom stereocenters. The number of benzene rings is 1. The molecule has 1 unspecified atom stereocenters. The first-order chi connectivity index (χ1) is 9.08. The Hall–Kier alpha value is -1.19. The van der Waals surface area contributed by atoms with Crippen LogP contribution >= 0.6 is 0 Å². The fourth-order valence-corrected chi connectivity index (χ4v) is 2.48. The van der Waals surface area contributed by atoms with E-state index < -0.39 is 38.4 Å². The molecule has 0 aliphatic heterocycles. The molecule has 2 N–H and O–H groups in total. The monoisotopic (exact) mass is 315 g/mol. The van der Waals surface area contributed by atoms with Gasteiger partial charge in [-0.05, 0) is 24.1 Å². The molecule has 0 bridgehead atoms. The minimum atomic E-state index is -4.98. The molecule has 0 saturated carbocycles. The lowest BCUT2D eigenvalue weighted by atomic mass is 10.2. The van der Waals surface area contributed by atoms with E-state index in [9.17, 15) is 26.0 Å². The maximum atomic E-state index is 13.1. The number of rotatable bonds is 5. The number of sulfonamides is 1. The standard InChI is InChI=1S/C11H13F4NO3S/c1-7(6-17)5-16-20(18,19)8-2-3-10(12)9(4-8)11(13,14)15/h2-4,7,16-17H,5-6H2,1H3. The first-order valence-electron chi connectivity index (χ1n) is 5.55. The Morgan fingerprint density at radius 3 is 2.45 bits per heavy atom. The third kappa shape index (κ3) is 4.15. The highest BCUT2D eigenvalue weighted by atomic mass is 32.2. The highest BCUT2D eigenvalue weighted by molar-refractivity contribution is 7.89. The van der Waals surface area contributed by atoms with Crippen LogP contribution in [0.5, 0.6) is 0 Å². The van der Waals surface area contributed by atoms with Gasteiger partial charge < -0.3 is 5.11 Å². The molecule has 0 aromatic heterocycles. The van der Waals surface area contributed by atoms with Crippen molar-refractivity contribution in [3.63, 3.8) is 0 Å². The molecule has 0 aliphatic rings. The quantitative estimate of drug-likeness (QED) is 0.814. The van der Waals surface area contributed by atoms with Crippen LogP contribution in [0.15, 0.2) is 23.1 Å². The van der Waals surface area contributed by atoms with Crippen LogP contribution < -0.4 is 4.72 Å². The van der Waals surface area contributed by atoms with Crippen molar-refractivity contribution in [3.8, 4) is 0 Å². The van der Waals surface area contributed by atoms with Gasteiger partial charge >= 0.3 is 6.18 Å². The zero-order valence-corrected chi connectivity index (χ0v) is 11.2. The van der Waals surface area contributed by atoms with Crippen molar-refractivity contribution in [2.45, 2.75) is 18.0 Å². The molecule has 9 heteroatoms. The Morgan fingerprint density at radius 1 is 1.35 bits per heavy atom. The van der Waals surface area contributed by atoms with Gasteiger partial charge in [0.05, 0.1) is 10.5 Å². The maximum Gasteiger partial charge on any atom is 0.419 e. The molecule has 114 valence electrons. The van der Waals surface area contributed by atoms with Crippen LogP contribution in [0.25, 0.3) is 0 Å². The Balaban J connectivity index is 3.08. The SMILES string of the molecule is CC(CO)CNS(=O)(=O)c1ccc(F)c(C(F)(F)F)c1. The number of hydrogen-bond donors (Lipinski definition) is 2. The van der Waals surface area contributed by atoms with E-state index in [1.165, 1.54) is 0 Å². The third-order valence-electron chi connectivity index (χ3n) is 2.49. The molecular formula is C11H13F4NO3S. The number of nitrogens with one attached hydrogen (secondary N) is 1. The van der Waals surface area contributed by atoms with Gasteiger partial charge in [0.25, 0.3) is 0 Å². The average Bonchev–Trinajstić information content (AvgIpc) is 2.34. The van der Waals surface area contributed by atoms with Gasteiger partial charge in [0.1, 0.15) is 5.82 Å². The van der Waals surface area contributed by atoms with Gasteiger partial charge in [-0.1, -0.05) is 6.92 Å².